The summed E-state index contributed by atoms with van der Waals surface area (Å²) < 4.78 is 56.7. The molecule has 0 aliphatic carbocycles. The lowest BCUT2D eigenvalue weighted by Gasteiger charge is -2.15. The van der Waals surface area contributed by atoms with Crippen molar-refractivity contribution in [1.29, 1.82) is 0 Å². The molecule has 0 aromatic heterocycles. The molecule has 0 bridgehead atoms. The second kappa shape index (κ2) is 10.1. The standard InChI is InChI=1S/C18H23F4NO3/c1-3-4-5-6-7-10-26-17(25)12(2)23-16(24)14-11-13(18(20,21)22)8-9-15(14)19/h8-9,11-12H,3-7,10H2,1-2H3,(H,23,24). The van der Waals surface area contributed by atoms with Gasteiger partial charge in [0.05, 0.1) is 17.7 Å². The second-order valence-corrected chi connectivity index (χ2v) is 5.97. The first-order valence-corrected chi connectivity index (χ1v) is 8.51. The molecule has 1 aromatic carbocycles. The molecular weight excluding hydrogens is 354 g/mol. The van der Waals surface area contributed by atoms with Crippen LogP contribution in [0, 0.1) is 5.82 Å². The van der Waals surface area contributed by atoms with Gasteiger partial charge in [0, 0.05) is 0 Å². The maximum Gasteiger partial charge on any atom is 0.416 e. The van der Waals surface area contributed by atoms with Crippen molar-refractivity contribution in [2.45, 2.75) is 58.2 Å². The first-order chi connectivity index (χ1) is 12.2. The fraction of sp³-hybridized carbons (Fsp3) is 0.556. The normalized spacial score (nSPS) is 12.5. The molecule has 8 heteroatoms. The molecule has 1 unspecified atom stereocenters. The number of amides is 1. The Morgan fingerprint density at radius 2 is 1.81 bits per heavy atom. The summed E-state index contributed by atoms with van der Waals surface area (Å²) in [5.41, 5.74) is -1.93. The van der Waals surface area contributed by atoms with Crippen molar-refractivity contribution in [1.82, 2.24) is 5.32 Å². The highest BCUT2D eigenvalue weighted by atomic mass is 19.4. The zero-order chi connectivity index (χ0) is 19.7. The zero-order valence-corrected chi connectivity index (χ0v) is 14.8. The highest BCUT2D eigenvalue weighted by molar-refractivity contribution is 5.97. The van der Waals surface area contributed by atoms with Crippen molar-refractivity contribution in [3.05, 3.63) is 35.1 Å². The Bertz CT molecular complexity index is 617. The Labute approximate surface area is 149 Å². The Kier molecular flexibility index (Phi) is 8.54. The number of carbonyl (C=O) groups is 2. The summed E-state index contributed by atoms with van der Waals surface area (Å²) in [4.78, 5) is 23.8. The molecule has 0 radical (unpaired) electrons. The van der Waals surface area contributed by atoms with Crippen LogP contribution in [0.15, 0.2) is 18.2 Å². The van der Waals surface area contributed by atoms with E-state index in [-0.39, 0.29) is 6.61 Å². The molecule has 1 amide bonds. The highest BCUT2D eigenvalue weighted by Gasteiger charge is 2.32. The molecule has 146 valence electrons. The maximum atomic E-state index is 13.7. The quantitative estimate of drug-likeness (QED) is 0.392. The highest BCUT2D eigenvalue weighted by Crippen LogP contribution is 2.30. The van der Waals surface area contributed by atoms with E-state index in [1.54, 1.807) is 0 Å². The van der Waals surface area contributed by atoms with E-state index in [1.807, 2.05) is 0 Å². The first-order valence-electron chi connectivity index (χ1n) is 8.51. The van der Waals surface area contributed by atoms with Crippen molar-refractivity contribution in [3.63, 3.8) is 0 Å². The third kappa shape index (κ3) is 7.01. The zero-order valence-electron chi connectivity index (χ0n) is 14.8. The molecule has 0 aliphatic heterocycles. The minimum absolute atomic E-state index is 0.195. The van der Waals surface area contributed by atoms with Gasteiger partial charge in [-0.3, -0.25) is 4.79 Å². The first kappa shape index (κ1) is 21.9. The number of benzene rings is 1. The minimum atomic E-state index is -4.70. The lowest BCUT2D eigenvalue weighted by Crippen LogP contribution is -2.40. The molecule has 4 nitrogen and oxygen atoms in total. The van der Waals surface area contributed by atoms with Crippen LogP contribution in [0.25, 0.3) is 0 Å². The van der Waals surface area contributed by atoms with Crippen LogP contribution < -0.4 is 5.32 Å². The average Bonchev–Trinajstić information content (AvgIpc) is 2.56. The van der Waals surface area contributed by atoms with Gasteiger partial charge in [0.15, 0.2) is 0 Å². The van der Waals surface area contributed by atoms with Crippen LogP contribution in [0.4, 0.5) is 17.6 Å². The van der Waals surface area contributed by atoms with Gasteiger partial charge in [-0.05, 0) is 31.5 Å². The van der Waals surface area contributed by atoms with Gasteiger partial charge in [-0.25, -0.2) is 9.18 Å². The smallest absolute Gasteiger partial charge is 0.416 e. The predicted octanol–water partition coefficient (Wildman–Crippen LogP) is 4.48. The van der Waals surface area contributed by atoms with Crippen LogP contribution in [0.5, 0.6) is 0 Å². The van der Waals surface area contributed by atoms with Crippen molar-refractivity contribution >= 4 is 11.9 Å². The third-order valence-electron chi connectivity index (χ3n) is 3.73. The monoisotopic (exact) mass is 377 g/mol. The van der Waals surface area contributed by atoms with Gasteiger partial charge in [-0.15, -0.1) is 0 Å². The summed E-state index contributed by atoms with van der Waals surface area (Å²) in [5, 5.41) is 2.16. The fourth-order valence-corrected chi connectivity index (χ4v) is 2.21. The van der Waals surface area contributed by atoms with E-state index < -0.39 is 41.0 Å². The lowest BCUT2D eigenvalue weighted by molar-refractivity contribution is -0.145. The summed E-state index contributed by atoms with van der Waals surface area (Å²) >= 11 is 0. The molecule has 0 fully saturated rings. The van der Waals surface area contributed by atoms with Gasteiger partial charge in [0.2, 0.25) is 0 Å². The van der Waals surface area contributed by atoms with Gasteiger partial charge in [0.1, 0.15) is 11.9 Å². The summed E-state index contributed by atoms with van der Waals surface area (Å²) in [6, 6.07) is 0.419. The average molecular weight is 377 g/mol. The molecule has 0 aliphatic rings. The molecule has 1 N–H and O–H groups in total. The van der Waals surface area contributed by atoms with Crippen LogP contribution in [0.3, 0.4) is 0 Å². The SMILES string of the molecule is CCCCCCCOC(=O)C(C)NC(=O)c1cc(C(F)(F)F)ccc1F. The van der Waals surface area contributed by atoms with Gasteiger partial charge in [0.25, 0.3) is 5.91 Å². The topological polar surface area (TPSA) is 55.4 Å². The van der Waals surface area contributed by atoms with E-state index in [0.29, 0.717) is 24.6 Å². The van der Waals surface area contributed by atoms with Crippen molar-refractivity contribution in [3.8, 4) is 0 Å². The Balaban J connectivity index is 2.57. The molecule has 0 heterocycles. The number of halogens is 4. The van der Waals surface area contributed by atoms with Crippen LogP contribution in [0.1, 0.15) is 61.9 Å². The van der Waals surface area contributed by atoms with E-state index in [4.69, 9.17) is 4.74 Å². The Morgan fingerprint density at radius 3 is 2.42 bits per heavy atom. The third-order valence-corrected chi connectivity index (χ3v) is 3.73. The maximum absolute atomic E-state index is 13.7. The summed E-state index contributed by atoms with van der Waals surface area (Å²) in [6.45, 7) is 3.60. The number of hydrogen-bond donors (Lipinski definition) is 1. The molecule has 1 rings (SSSR count). The number of hydrogen-bond acceptors (Lipinski definition) is 3. The van der Waals surface area contributed by atoms with Gasteiger partial charge in [-0.2, -0.15) is 13.2 Å². The summed E-state index contributed by atoms with van der Waals surface area (Å²) in [6.07, 6.45) is 0.129. The van der Waals surface area contributed by atoms with Crippen LogP contribution in [-0.2, 0) is 15.7 Å². The number of nitrogens with one attached hydrogen (secondary N) is 1. The molecule has 0 saturated carbocycles. The van der Waals surface area contributed by atoms with E-state index in [0.717, 1.165) is 25.7 Å². The van der Waals surface area contributed by atoms with E-state index in [2.05, 4.69) is 12.2 Å². The molecule has 1 aromatic rings. The molecule has 1 atom stereocenters. The van der Waals surface area contributed by atoms with Crippen LogP contribution in [-0.4, -0.2) is 24.5 Å². The molecule has 26 heavy (non-hydrogen) atoms. The Morgan fingerprint density at radius 1 is 1.15 bits per heavy atom. The number of ether oxygens (including phenoxy) is 1. The van der Waals surface area contributed by atoms with Crippen molar-refractivity contribution < 1.29 is 31.9 Å². The van der Waals surface area contributed by atoms with E-state index >= 15 is 0 Å². The second-order valence-electron chi connectivity index (χ2n) is 5.97. The van der Waals surface area contributed by atoms with Gasteiger partial charge < -0.3 is 10.1 Å². The van der Waals surface area contributed by atoms with Gasteiger partial charge in [-0.1, -0.05) is 32.6 Å². The fourth-order valence-electron chi connectivity index (χ4n) is 2.21. The molecular formula is C18H23F4NO3. The summed E-state index contributed by atoms with van der Waals surface area (Å²) in [5.74, 6) is -2.94. The van der Waals surface area contributed by atoms with Crippen molar-refractivity contribution in [2.75, 3.05) is 6.61 Å². The number of rotatable bonds is 9. The van der Waals surface area contributed by atoms with Crippen LogP contribution in [0.2, 0.25) is 0 Å². The van der Waals surface area contributed by atoms with E-state index in [9.17, 15) is 27.2 Å². The summed E-state index contributed by atoms with van der Waals surface area (Å²) in [7, 11) is 0. The number of carbonyl (C=O) groups excluding carboxylic acids is 2. The van der Waals surface area contributed by atoms with Crippen molar-refractivity contribution in [2.24, 2.45) is 0 Å². The molecule has 0 saturated heterocycles. The lowest BCUT2D eigenvalue weighted by atomic mass is 10.1. The molecule has 0 spiro atoms. The largest absolute Gasteiger partial charge is 0.464 e. The Hall–Kier alpha value is -2.12. The number of unbranched alkanes of at least 4 members (excludes halogenated alkanes) is 4. The number of alkyl halides is 3. The minimum Gasteiger partial charge on any atom is -0.464 e. The number of esters is 1. The predicted molar refractivity (Wildman–Crippen MR) is 88.0 cm³/mol. The van der Waals surface area contributed by atoms with Gasteiger partial charge >= 0.3 is 12.1 Å². The van der Waals surface area contributed by atoms with E-state index in [1.165, 1.54) is 6.92 Å². The van der Waals surface area contributed by atoms with Crippen LogP contribution >= 0.6 is 0 Å².